The van der Waals surface area contributed by atoms with Crippen molar-refractivity contribution in [3.63, 3.8) is 0 Å². The summed E-state index contributed by atoms with van der Waals surface area (Å²) >= 11 is 0. The molecule has 1 aliphatic rings. The van der Waals surface area contributed by atoms with Crippen molar-refractivity contribution >= 4 is 0 Å². The predicted octanol–water partition coefficient (Wildman–Crippen LogP) is 1.09. The van der Waals surface area contributed by atoms with E-state index in [1.54, 1.807) is 0 Å². The molecule has 1 aromatic rings. The maximum atomic E-state index is 5.54. The lowest BCUT2D eigenvalue weighted by molar-refractivity contribution is -0.0257. The average Bonchev–Trinajstić information content (AvgIpc) is 2.83. The highest BCUT2D eigenvalue weighted by atomic mass is 16.7. The fraction of sp³-hybridized carbons (Fsp3) is 0.800. The molecule has 1 saturated carbocycles. The zero-order valence-corrected chi connectivity index (χ0v) is 9.36. The maximum Gasteiger partial charge on any atom is 0.149 e. The van der Waals surface area contributed by atoms with Crippen LogP contribution in [0.25, 0.3) is 0 Å². The van der Waals surface area contributed by atoms with Gasteiger partial charge in [0.25, 0.3) is 0 Å². The lowest BCUT2D eigenvalue weighted by Gasteiger charge is -2.10. The van der Waals surface area contributed by atoms with E-state index in [4.69, 9.17) is 4.84 Å². The maximum absolute atomic E-state index is 5.54. The molecular weight excluding hydrogens is 192 g/mol. The summed E-state index contributed by atoms with van der Waals surface area (Å²) in [7, 11) is 1.96. The fourth-order valence-corrected chi connectivity index (χ4v) is 1.84. The molecule has 1 fully saturated rings. The van der Waals surface area contributed by atoms with Crippen molar-refractivity contribution < 1.29 is 4.84 Å². The minimum atomic E-state index is 0.388. The van der Waals surface area contributed by atoms with Gasteiger partial charge in [-0.3, -0.25) is 4.84 Å². The zero-order valence-electron chi connectivity index (χ0n) is 9.36. The molecule has 2 rings (SSSR count). The molecule has 0 aromatic carbocycles. The van der Waals surface area contributed by atoms with E-state index >= 15 is 0 Å². The monoisotopic (exact) mass is 210 g/mol. The topological polar surface area (TPSA) is 52.0 Å². The van der Waals surface area contributed by atoms with Gasteiger partial charge in [-0.25, -0.2) is 0 Å². The third kappa shape index (κ3) is 2.54. The summed E-state index contributed by atoms with van der Waals surface area (Å²) in [6.07, 6.45) is 5.31. The summed E-state index contributed by atoms with van der Waals surface area (Å²) in [5.74, 6) is 1.83. The molecule has 5 heteroatoms. The summed E-state index contributed by atoms with van der Waals surface area (Å²) in [4.78, 5) is 5.54. The van der Waals surface area contributed by atoms with Gasteiger partial charge in [-0.1, -0.05) is 12.8 Å². The number of nitrogens with one attached hydrogen (secondary N) is 1. The minimum absolute atomic E-state index is 0.388. The Balaban J connectivity index is 1.75. The van der Waals surface area contributed by atoms with Crippen molar-refractivity contribution in [1.29, 1.82) is 0 Å². The Hall–Kier alpha value is -0.940. The van der Waals surface area contributed by atoms with Crippen LogP contribution in [0.1, 0.15) is 37.3 Å². The van der Waals surface area contributed by atoms with Gasteiger partial charge < -0.3 is 4.57 Å². The molecule has 0 spiro atoms. The van der Waals surface area contributed by atoms with Crippen LogP contribution < -0.4 is 5.48 Å². The van der Waals surface area contributed by atoms with E-state index in [1.165, 1.54) is 25.7 Å². The fourth-order valence-electron chi connectivity index (χ4n) is 1.84. The zero-order chi connectivity index (χ0) is 10.7. The molecule has 1 N–H and O–H groups in total. The molecule has 0 bridgehead atoms. The van der Waals surface area contributed by atoms with Crippen LogP contribution in [-0.2, 0) is 18.4 Å². The Bertz CT molecular complexity index is 317. The van der Waals surface area contributed by atoms with E-state index in [0.717, 1.165) is 11.6 Å². The number of aromatic nitrogens is 3. The Labute approximate surface area is 89.8 Å². The molecule has 1 aliphatic carbocycles. The third-order valence-electron chi connectivity index (χ3n) is 2.97. The molecule has 84 valence electrons. The number of hydroxylamine groups is 1. The van der Waals surface area contributed by atoms with Crippen LogP contribution >= 0.6 is 0 Å². The van der Waals surface area contributed by atoms with Crippen molar-refractivity contribution in [2.24, 2.45) is 7.05 Å². The molecule has 15 heavy (non-hydrogen) atoms. The summed E-state index contributed by atoms with van der Waals surface area (Å²) in [6.45, 7) is 2.56. The van der Waals surface area contributed by atoms with Gasteiger partial charge in [0.05, 0.1) is 12.6 Å². The van der Waals surface area contributed by atoms with Crippen LogP contribution in [0.4, 0.5) is 0 Å². The van der Waals surface area contributed by atoms with E-state index in [9.17, 15) is 0 Å². The quantitative estimate of drug-likeness (QED) is 0.756. The number of hydrogen-bond donors (Lipinski definition) is 1. The van der Waals surface area contributed by atoms with E-state index in [-0.39, 0.29) is 0 Å². The Morgan fingerprint density at radius 1 is 1.40 bits per heavy atom. The molecule has 0 saturated heterocycles. The number of aryl methyl sites for hydroxylation is 1. The van der Waals surface area contributed by atoms with Crippen LogP contribution in [-0.4, -0.2) is 20.9 Å². The van der Waals surface area contributed by atoms with E-state index in [2.05, 4.69) is 15.7 Å². The van der Waals surface area contributed by atoms with Crippen LogP contribution in [0.5, 0.6) is 0 Å². The first kappa shape index (κ1) is 10.6. The molecule has 1 aromatic heterocycles. The smallest absolute Gasteiger partial charge is 0.149 e. The minimum Gasteiger partial charge on any atom is -0.317 e. The second-order valence-corrected chi connectivity index (χ2v) is 4.07. The van der Waals surface area contributed by atoms with Gasteiger partial charge in [0.2, 0.25) is 0 Å². The van der Waals surface area contributed by atoms with Crippen LogP contribution in [0.15, 0.2) is 0 Å². The number of nitrogens with zero attached hydrogens (tertiary/aromatic N) is 3. The van der Waals surface area contributed by atoms with Gasteiger partial charge in [0.15, 0.2) is 0 Å². The van der Waals surface area contributed by atoms with Crippen LogP contribution in [0.2, 0.25) is 0 Å². The molecule has 0 aliphatic heterocycles. The highest BCUT2D eigenvalue weighted by Gasteiger charge is 2.15. The molecular formula is C10H18N4O. The summed E-state index contributed by atoms with van der Waals surface area (Å²) in [5.41, 5.74) is 2.97. The Morgan fingerprint density at radius 2 is 2.13 bits per heavy atom. The highest BCUT2D eigenvalue weighted by molar-refractivity contribution is 4.91. The molecule has 1 heterocycles. The predicted molar refractivity (Wildman–Crippen MR) is 55.9 cm³/mol. The van der Waals surface area contributed by atoms with Gasteiger partial charge in [0, 0.05) is 7.05 Å². The van der Waals surface area contributed by atoms with Gasteiger partial charge >= 0.3 is 0 Å². The number of hydrogen-bond acceptors (Lipinski definition) is 4. The molecule has 0 atom stereocenters. The summed E-state index contributed by atoms with van der Waals surface area (Å²) in [6, 6.07) is 0. The Morgan fingerprint density at radius 3 is 2.73 bits per heavy atom. The van der Waals surface area contributed by atoms with Crippen molar-refractivity contribution in [1.82, 2.24) is 20.2 Å². The first-order valence-electron chi connectivity index (χ1n) is 5.51. The largest absolute Gasteiger partial charge is 0.317 e. The van der Waals surface area contributed by atoms with Crippen LogP contribution in [0, 0.1) is 6.92 Å². The molecule has 0 amide bonds. The van der Waals surface area contributed by atoms with Gasteiger partial charge in [0.1, 0.15) is 11.6 Å². The lowest BCUT2D eigenvalue weighted by Crippen LogP contribution is -2.22. The van der Waals surface area contributed by atoms with Crippen LogP contribution in [0.3, 0.4) is 0 Å². The van der Waals surface area contributed by atoms with E-state index in [0.29, 0.717) is 12.6 Å². The summed E-state index contributed by atoms with van der Waals surface area (Å²) < 4.78 is 1.96. The van der Waals surface area contributed by atoms with Gasteiger partial charge in [-0.05, 0) is 19.8 Å². The third-order valence-corrected chi connectivity index (χ3v) is 2.97. The SMILES string of the molecule is Cc1nnc(CNOC2CCCC2)n1C. The van der Waals surface area contributed by atoms with Crippen molar-refractivity contribution in [2.45, 2.75) is 45.3 Å². The molecule has 0 radical (unpaired) electrons. The first-order valence-corrected chi connectivity index (χ1v) is 5.51. The van der Waals surface area contributed by atoms with E-state index < -0.39 is 0 Å². The number of rotatable bonds is 4. The Kier molecular flexibility index (Phi) is 3.33. The molecule has 0 unspecified atom stereocenters. The van der Waals surface area contributed by atoms with Crippen molar-refractivity contribution in [2.75, 3.05) is 0 Å². The second-order valence-electron chi connectivity index (χ2n) is 4.07. The average molecular weight is 210 g/mol. The highest BCUT2D eigenvalue weighted by Crippen LogP contribution is 2.19. The standard InChI is InChI=1S/C10H18N4O/c1-8-12-13-10(14(8)2)7-11-15-9-5-3-4-6-9/h9,11H,3-7H2,1-2H3. The lowest BCUT2D eigenvalue weighted by atomic mass is 10.3. The summed E-state index contributed by atoms with van der Waals surface area (Å²) in [5, 5.41) is 8.03. The van der Waals surface area contributed by atoms with Crippen molar-refractivity contribution in [3.8, 4) is 0 Å². The first-order chi connectivity index (χ1) is 7.27. The normalized spacial score (nSPS) is 17.5. The molecule has 5 nitrogen and oxygen atoms in total. The van der Waals surface area contributed by atoms with Gasteiger partial charge in [-0.15, -0.1) is 10.2 Å². The van der Waals surface area contributed by atoms with E-state index in [1.807, 2.05) is 18.5 Å². The second kappa shape index (κ2) is 4.72. The van der Waals surface area contributed by atoms with Crippen molar-refractivity contribution in [3.05, 3.63) is 11.6 Å². The van der Waals surface area contributed by atoms with Gasteiger partial charge in [-0.2, -0.15) is 5.48 Å².